The molecular formula is C58H102O6. The van der Waals surface area contributed by atoms with Crippen molar-refractivity contribution in [1.29, 1.82) is 0 Å². The summed E-state index contributed by atoms with van der Waals surface area (Å²) in [6, 6.07) is 0. The summed E-state index contributed by atoms with van der Waals surface area (Å²) in [6.07, 6.45) is 64.9. The van der Waals surface area contributed by atoms with E-state index >= 15 is 0 Å². The van der Waals surface area contributed by atoms with Gasteiger partial charge in [-0.2, -0.15) is 0 Å². The first-order valence-corrected chi connectivity index (χ1v) is 27.3. The van der Waals surface area contributed by atoms with Gasteiger partial charge in [0.25, 0.3) is 0 Å². The van der Waals surface area contributed by atoms with Crippen molar-refractivity contribution in [2.45, 2.75) is 277 Å². The lowest BCUT2D eigenvalue weighted by atomic mass is 10.0. The molecule has 0 spiro atoms. The maximum atomic E-state index is 12.8. The average Bonchev–Trinajstić information content (AvgIpc) is 3.29. The lowest BCUT2D eigenvalue weighted by molar-refractivity contribution is -0.167. The second-order valence-corrected chi connectivity index (χ2v) is 18.2. The highest BCUT2D eigenvalue weighted by Gasteiger charge is 2.19. The third-order valence-electron chi connectivity index (χ3n) is 11.9. The zero-order valence-corrected chi connectivity index (χ0v) is 42.3. The van der Waals surface area contributed by atoms with Gasteiger partial charge >= 0.3 is 17.9 Å². The molecule has 0 N–H and O–H groups in total. The van der Waals surface area contributed by atoms with Gasteiger partial charge in [-0.15, -0.1) is 0 Å². The van der Waals surface area contributed by atoms with Crippen LogP contribution in [0.2, 0.25) is 0 Å². The molecular weight excluding hydrogens is 793 g/mol. The van der Waals surface area contributed by atoms with Crippen LogP contribution in [-0.4, -0.2) is 37.2 Å². The Morgan fingerprint density at radius 3 is 1.00 bits per heavy atom. The van der Waals surface area contributed by atoms with Crippen molar-refractivity contribution in [3.8, 4) is 0 Å². The molecule has 0 fully saturated rings. The first kappa shape index (κ1) is 61.1. The molecule has 6 heteroatoms. The standard InChI is InChI=1S/C58H102O6/c1-4-7-10-13-16-19-22-25-27-28-29-30-32-33-36-39-42-45-48-51-57(60)63-54-55(53-62-56(59)50-47-44-41-38-35-24-21-18-15-12-9-6-3)64-58(61)52-49-46-43-40-37-34-31-26-23-20-17-14-11-8-5-2/h8,11,14,17,20,23,26,28-29,31,55H,4-7,9-10,12-13,15-16,18-19,21-22,24-25,27,30,32-54H2,1-3H3/b11-8-,17-14-,23-20-,29-28-,31-26-. The van der Waals surface area contributed by atoms with E-state index < -0.39 is 6.10 Å². The number of esters is 3. The summed E-state index contributed by atoms with van der Waals surface area (Å²) in [7, 11) is 0. The molecule has 0 heterocycles. The quantitative estimate of drug-likeness (QED) is 0.0199. The minimum absolute atomic E-state index is 0.0833. The summed E-state index contributed by atoms with van der Waals surface area (Å²) >= 11 is 0. The maximum absolute atomic E-state index is 12.8. The Morgan fingerprint density at radius 1 is 0.328 bits per heavy atom. The van der Waals surface area contributed by atoms with Crippen LogP contribution in [0.5, 0.6) is 0 Å². The Bertz CT molecular complexity index is 1170. The van der Waals surface area contributed by atoms with Gasteiger partial charge in [0.15, 0.2) is 6.10 Å². The number of allylic oxidation sites excluding steroid dienone is 10. The molecule has 370 valence electrons. The SMILES string of the molecule is CC\C=C/C=C\C=C/C=C\CCCCCCCC(=O)OC(COC(=O)CCCCCCCCC/C=C\CCCCCCCCCC)COC(=O)CCCCCCCCCCCCCC. The molecule has 6 nitrogen and oxygen atoms in total. The number of carbonyl (C=O) groups excluding carboxylic acids is 3. The van der Waals surface area contributed by atoms with Gasteiger partial charge in [-0.05, 0) is 64.2 Å². The molecule has 0 saturated heterocycles. The molecule has 1 unspecified atom stereocenters. The summed E-state index contributed by atoms with van der Waals surface area (Å²) in [5.41, 5.74) is 0. The molecule has 1 atom stereocenters. The minimum atomic E-state index is -0.786. The molecule has 0 aliphatic rings. The van der Waals surface area contributed by atoms with Crippen LogP contribution in [0.25, 0.3) is 0 Å². The smallest absolute Gasteiger partial charge is 0.306 e. The van der Waals surface area contributed by atoms with E-state index in [1.165, 1.54) is 148 Å². The zero-order chi connectivity index (χ0) is 46.5. The van der Waals surface area contributed by atoms with Gasteiger partial charge < -0.3 is 14.2 Å². The second-order valence-electron chi connectivity index (χ2n) is 18.2. The van der Waals surface area contributed by atoms with Crippen molar-refractivity contribution in [2.24, 2.45) is 0 Å². The summed E-state index contributed by atoms with van der Waals surface area (Å²) in [6.45, 7) is 6.49. The summed E-state index contributed by atoms with van der Waals surface area (Å²) in [5.74, 6) is -0.903. The first-order chi connectivity index (χ1) is 31.5. The Kier molecular flexibility index (Phi) is 50.4. The average molecular weight is 895 g/mol. The van der Waals surface area contributed by atoms with Crippen molar-refractivity contribution in [1.82, 2.24) is 0 Å². The number of hydrogen-bond donors (Lipinski definition) is 0. The highest BCUT2D eigenvalue weighted by molar-refractivity contribution is 5.71. The van der Waals surface area contributed by atoms with Gasteiger partial charge in [0.05, 0.1) is 0 Å². The Morgan fingerprint density at radius 2 is 0.625 bits per heavy atom. The van der Waals surface area contributed by atoms with Gasteiger partial charge in [0.2, 0.25) is 0 Å². The van der Waals surface area contributed by atoms with Crippen molar-refractivity contribution < 1.29 is 28.6 Å². The number of rotatable bonds is 49. The van der Waals surface area contributed by atoms with Crippen molar-refractivity contribution >= 4 is 17.9 Å². The van der Waals surface area contributed by atoms with E-state index in [2.05, 4.69) is 63.3 Å². The minimum Gasteiger partial charge on any atom is -0.462 e. The third kappa shape index (κ3) is 50.1. The van der Waals surface area contributed by atoms with Crippen LogP contribution >= 0.6 is 0 Å². The molecule has 0 radical (unpaired) electrons. The second kappa shape index (κ2) is 52.7. The normalized spacial score (nSPS) is 12.5. The number of unbranched alkanes of at least 4 members (excludes halogenated alkanes) is 31. The Hall–Kier alpha value is -2.89. The fraction of sp³-hybridized carbons (Fsp3) is 0.776. The molecule has 64 heavy (non-hydrogen) atoms. The van der Waals surface area contributed by atoms with Crippen LogP contribution in [0.4, 0.5) is 0 Å². The van der Waals surface area contributed by atoms with E-state index in [-0.39, 0.29) is 31.1 Å². The van der Waals surface area contributed by atoms with E-state index in [1.807, 2.05) is 18.2 Å². The molecule has 0 aromatic rings. The van der Waals surface area contributed by atoms with Crippen LogP contribution in [-0.2, 0) is 28.6 Å². The summed E-state index contributed by atoms with van der Waals surface area (Å²) in [5, 5.41) is 0. The molecule has 0 amide bonds. The number of hydrogen-bond acceptors (Lipinski definition) is 6. The predicted molar refractivity (Wildman–Crippen MR) is 275 cm³/mol. The fourth-order valence-corrected chi connectivity index (χ4v) is 7.74. The van der Waals surface area contributed by atoms with E-state index in [0.29, 0.717) is 19.3 Å². The lowest BCUT2D eigenvalue weighted by Gasteiger charge is -2.18. The van der Waals surface area contributed by atoms with Crippen molar-refractivity contribution in [2.75, 3.05) is 13.2 Å². The van der Waals surface area contributed by atoms with Gasteiger partial charge in [0, 0.05) is 19.3 Å². The van der Waals surface area contributed by atoms with Crippen molar-refractivity contribution in [3.63, 3.8) is 0 Å². The predicted octanol–water partition coefficient (Wildman–Crippen LogP) is 18.0. The van der Waals surface area contributed by atoms with Gasteiger partial charge in [0.1, 0.15) is 13.2 Å². The molecule has 0 aromatic carbocycles. The van der Waals surface area contributed by atoms with Crippen LogP contribution in [0.3, 0.4) is 0 Å². The number of ether oxygens (including phenoxy) is 3. The highest BCUT2D eigenvalue weighted by Crippen LogP contribution is 2.15. The van der Waals surface area contributed by atoms with E-state index in [1.54, 1.807) is 0 Å². The molecule has 0 aliphatic heterocycles. The fourth-order valence-electron chi connectivity index (χ4n) is 7.74. The van der Waals surface area contributed by atoms with Gasteiger partial charge in [-0.1, -0.05) is 248 Å². The molecule has 0 saturated carbocycles. The first-order valence-electron chi connectivity index (χ1n) is 27.3. The summed E-state index contributed by atoms with van der Waals surface area (Å²) < 4.78 is 16.8. The molecule has 0 rings (SSSR count). The topological polar surface area (TPSA) is 78.9 Å². The van der Waals surface area contributed by atoms with Crippen LogP contribution < -0.4 is 0 Å². The van der Waals surface area contributed by atoms with Crippen molar-refractivity contribution in [3.05, 3.63) is 60.8 Å². The highest BCUT2D eigenvalue weighted by atomic mass is 16.6. The van der Waals surface area contributed by atoms with E-state index in [0.717, 1.165) is 83.5 Å². The van der Waals surface area contributed by atoms with E-state index in [4.69, 9.17) is 14.2 Å². The van der Waals surface area contributed by atoms with Gasteiger partial charge in [-0.3, -0.25) is 14.4 Å². The van der Waals surface area contributed by atoms with Crippen LogP contribution in [0.1, 0.15) is 271 Å². The van der Waals surface area contributed by atoms with E-state index in [9.17, 15) is 14.4 Å². The van der Waals surface area contributed by atoms with Crippen LogP contribution in [0.15, 0.2) is 60.8 Å². The number of carbonyl (C=O) groups is 3. The zero-order valence-electron chi connectivity index (χ0n) is 42.3. The maximum Gasteiger partial charge on any atom is 0.306 e. The van der Waals surface area contributed by atoms with Gasteiger partial charge in [-0.25, -0.2) is 0 Å². The monoisotopic (exact) mass is 895 g/mol. The third-order valence-corrected chi connectivity index (χ3v) is 11.9. The molecule has 0 bridgehead atoms. The summed E-state index contributed by atoms with van der Waals surface area (Å²) in [4.78, 5) is 38.0. The molecule has 0 aromatic heterocycles. The Balaban J connectivity index is 4.37. The molecule has 0 aliphatic carbocycles. The lowest BCUT2D eigenvalue weighted by Crippen LogP contribution is -2.30. The van der Waals surface area contributed by atoms with Crippen LogP contribution in [0, 0.1) is 0 Å². The Labute approximate surface area is 396 Å². The largest absolute Gasteiger partial charge is 0.462 e.